The summed E-state index contributed by atoms with van der Waals surface area (Å²) in [5.74, 6) is -0.291. The average molecular weight is 263 g/mol. The van der Waals surface area contributed by atoms with Crippen LogP contribution in [0.1, 0.15) is 23.2 Å². The fraction of sp³-hybridized carbons (Fsp3) is 0.500. The fourth-order valence-corrected chi connectivity index (χ4v) is 2.62. The van der Waals surface area contributed by atoms with Gasteiger partial charge in [-0.25, -0.2) is 0 Å². The lowest BCUT2D eigenvalue weighted by molar-refractivity contribution is -0.181. The molecule has 2 saturated heterocycles. The molecule has 19 heavy (non-hydrogen) atoms. The van der Waals surface area contributed by atoms with Crippen molar-refractivity contribution in [2.45, 2.75) is 18.6 Å². The smallest absolute Gasteiger partial charge is 0.253 e. The summed E-state index contributed by atoms with van der Waals surface area (Å²) in [7, 11) is 0. The van der Waals surface area contributed by atoms with Gasteiger partial charge in [-0.1, -0.05) is 0 Å². The summed E-state index contributed by atoms with van der Waals surface area (Å²) in [4.78, 5) is 14.1. The second kappa shape index (κ2) is 4.83. The Hall–Kier alpha value is -1.59. The van der Waals surface area contributed by atoms with Crippen LogP contribution in [0.25, 0.3) is 0 Å². The van der Waals surface area contributed by atoms with Crippen molar-refractivity contribution in [3.8, 4) is 5.75 Å². The Labute approximate surface area is 111 Å². The summed E-state index contributed by atoms with van der Waals surface area (Å²) in [6.07, 6.45) is 1.44. The molecule has 0 aromatic heterocycles. The van der Waals surface area contributed by atoms with Crippen LogP contribution in [0.15, 0.2) is 24.3 Å². The van der Waals surface area contributed by atoms with Gasteiger partial charge in [-0.05, 0) is 24.3 Å². The van der Waals surface area contributed by atoms with Crippen LogP contribution in [0.5, 0.6) is 5.75 Å². The molecule has 2 aliphatic rings. The molecule has 5 heteroatoms. The van der Waals surface area contributed by atoms with Gasteiger partial charge in [0.1, 0.15) is 5.75 Å². The number of likely N-dealkylation sites (tertiary alicyclic amines) is 1. The SMILES string of the molecule is O=C(c1ccc(O)cc1)N1CCC2(CC1)OCCO2. The Kier molecular flexibility index (Phi) is 3.16. The molecule has 1 spiro atoms. The zero-order valence-corrected chi connectivity index (χ0v) is 10.7. The predicted molar refractivity (Wildman–Crippen MR) is 67.9 cm³/mol. The summed E-state index contributed by atoms with van der Waals surface area (Å²) in [5.41, 5.74) is 0.599. The third-order valence-corrected chi connectivity index (χ3v) is 3.74. The Balaban J connectivity index is 1.64. The van der Waals surface area contributed by atoms with E-state index in [0.717, 1.165) is 12.8 Å². The number of aromatic hydroxyl groups is 1. The summed E-state index contributed by atoms with van der Waals surface area (Å²) in [6, 6.07) is 6.35. The number of carbonyl (C=O) groups is 1. The highest BCUT2D eigenvalue weighted by Gasteiger charge is 2.40. The van der Waals surface area contributed by atoms with Crippen LogP contribution < -0.4 is 0 Å². The van der Waals surface area contributed by atoms with Crippen molar-refractivity contribution in [3.05, 3.63) is 29.8 Å². The normalized spacial score (nSPS) is 21.8. The van der Waals surface area contributed by atoms with E-state index in [9.17, 15) is 9.90 Å². The number of rotatable bonds is 1. The first-order valence-electron chi connectivity index (χ1n) is 6.55. The van der Waals surface area contributed by atoms with Crippen molar-refractivity contribution < 1.29 is 19.4 Å². The molecule has 1 amide bonds. The van der Waals surface area contributed by atoms with Crippen LogP contribution >= 0.6 is 0 Å². The Morgan fingerprint density at radius 1 is 1.11 bits per heavy atom. The van der Waals surface area contributed by atoms with Gasteiger partial charge in [0.15, 0.2) is 5.79 Å². The Bertz CT molecular complexity index is 455. The molecule has 0 radical (unpaired) electrons. The first-order chi connectivity index (χ1) is 9.19. The number of hydrogen-bond donors (Lipinski definition) is 1. The van der Waals surface area contributed by atoms with E-state index in [2.05, 4.69) is 0 Å². The average Bonchev–Trinajstić information content (AvgIpc) is 2.88. The molecule has 1 aromatic carbocycles. The monoisotopic (exact) mass is 263 g/mol. The lowest BCUT2D eigenvalue weighted by Crippen LogP contribution is -2.47. The lowest BCUT2D eigenvalue weighted by atomic mass is 10.0. The minimum Gasteiger partial charge on any atom is -0.508 e. The van der Waals surface area contributed by atoms with Gasteiger partial charge in [0.25, 0.3) is 5.91 Å². The molecule has 2 fully saturated rings. The standard InChI is InChI=1S/C14H17NO4/c16-12-3-1-11(2-4-12)13(17)15-7-5-14(6-8-15)18-9-10-19-14/h1-4,16H,5-10H2. The van der Waals surface area contributed by atoms with Crippen molar-refractivity contribution in [2.24, 2.45) is 0 Å². The van der Waals surface area contributed by atoms with Crippen LogP contribution in [0.3, 0.4) is 0 Å². The second-order valence-electron chi connectivity index (χ2n) is 4.95. The molecular weight excluding hydrogens is 246 g/mol. The largest absolute Gasteiger partial charge is 0.508 e. The van der Waals surface area contributed by atoms with Gasteiger partial charge >= 0.3 is 0 Å². The van der Waals surface area contributed by atoms with Gasteiger partial charge in [0.2, 0.25) is 0 Å². The van der Waals surface area contributed by atoms with Gasteiger partial charge in [-0.2, -0.15) is 0 Å². The number of nitrogens with zero attached hydrogens (tertiary/aromatic N) is 1. The molecule has 0 bridgehead atoms. The van der Waals surface area contributed by atoms with Gasteiger partial charge < -0.3 is 19.5 Å². The quantitative estimate of drug-likeness (QED) is 0.831. The molecule has 0 aliphatic carbocycles. The van der Waals surface area contributed by atoms with Crippen molar-refractivity contribution in [1.82, 2.24) is 4.90 Å². The number of phenols is 1. The van der Waals surface area contributed by atoms with Gasteiger partial charge in [-0.3, -0.25) is 4.79 Å². The number of hydrogen-bond acceptors (Lipinski definition) is 4. The maximum absolute atomic E-state index is 12.3. The molecule has 0 atom stereocenters. The third kappa shape index (κ3) is 2.43. The summed E-state index contributed by atoms with van der Waals surface area (Å²) >= 11 is 0. The zero-order valence-electron chi connectivity index (χ0n) is 10.7. The molecular formula is C14H17NO4. The zero-order chi connectivity index (χ0) is 13.3. The van der Waals surface area contributed by atoms with E-state index in [-0.39, 0.29) is 11.7 Å². The molecule has 1 aromatic rings. The maximum Gasteiger partial charge on any atom is 0.253 e. The minimum absolute atomic E-state index is 0.00662. The molecule has 1 N–H and O–H groups in total. The topological polar surface area (TPSA) is 59.0 Å². The molecule has 2 aliphatic heterocycles. The van der Waals surface area contributed by atoms with E-state index in [4.69, 9.17) is 9.47 Å². The summed E-state index contributed by atoms with van der Waals surface area (Å²) in [5, 5.41) is 9.23. The molecule has 2 heterocycles. The van der Waals surface area contributed by atoms with Crippen molar-refractivity contribution in [1.29, 1.82) is 0 Å². The first kappa shape index (κ1) is 12.4. The minimum atomic E-state index is -0.453. The van der Waals surface area contributed by atoms with Gasteiger partial charge in [-0.15, -0.1) is 0 Å². The van der Waals surface area contributed by atoms with E-state index < -0.39 is 5.79 Å². The van der Waals surface area contributed by atoms with E-state index in [1.807, 2.05) is 4.90 Å². The van der Waals surface area contributed by atoms with E-state index >= 15 is 0 Å². The fourth-order valence-electron chi connectivity index (χ4n) is 2.62. The third-order valence-electron chi connectivity index (χ3n) is 3.74. The number of amides is 1. The molecule has 0 saturated carbocycles. The molecule has 3 rings (SSSR count). The van der Waals surface area contributed by atoms with Gasteiger partial charge in [0.05, 0.1) is 13.2 Å². The number of benzene rings is 1. The van der Waals surface area contributed by atoms with E-state index in [1.54, 1.807) is 12.1 Å². The maximum atomic E-state index is 12.3. The summed E-state index contributed by atoms with van der Waals surface area (Å²) in [6.45, 7) is 2.57. The lowest BCUT2D eigenvalue weighted by Gasteiger charge is -2.37. The van der Waals surface area contributed by atoms with Crippen molar-refractivity contribution in [2.75, 3.05) is 26.3 Å². The Morgan fingerprint density at radius 3 is 2.26 bits per heavy atom. The van der Waals surface area contributed by atoms with Gasteiger partial charge in [0, 0.05) is 31.5 Å². The molecule has 5 nitrogen and oxygen atoms in total. The second-order valence-corrected chi connectivity index (χ2v) is 4.95. The number of ether oxygens (including phenoxy) is 2. The number of piperidine rings is 1. The van der Waals surface area contributed by atoms with Crippen LogP contribution in [-0.4, -0.2) is 48.0 Å². The highest BCUT2D eigenvalue weighted by molar-refractivity contribution is 5.94. The molecule has 102 valence electrons. The predicted octanol–water partition coefficient (Wildman–Crippen LogP) is 1.37. The number of phenolic OH excluding ortho intramolecular Hbond substituents is 1. The van der Waals surface area contributed by atoms with Crippen LogP contribution in [0.2, 0.25) is 0 Å². The number of carbonyl (C=O) groups excluding carboxylic acids is 1. The van der Waals surface area contributed by atoms with E-state index in [0.29, 0.717) is 31.9 Å². The highest BCUT2D eigenvalue weighted by Crippen LogP contribution is 2.31. The van der Waals surface area contributed by atoms with Crippen LogP contribution in [0, 0.1) is 0 Å². The van der Waals surface area contributed by atoms with Crippen LogP contribution in [-0.2, 0) is 9.47 Å². The van der Waals surface area contributed by atoms with Crippen LogP contribution in [0.4, 0.5) is 0 Å². The Morgan fingerprint density at radius 2 is 1.68 bits per heavy atom. The molecule has 0 unspecified atom stereocenters. The van der Waals surface area contributed by atoms with Crippen molar-refractivity contribution >= 4 is 5.91 Å². The van der Waals surface area contributed by atoms with E-state index in [1.165, 1.54) is 12.1 Å². The summed E-state index contributed by atoms with van der Waals surface area (Å²) < 4.78 is 11.3. The first-order valence-corrected chi connectivity index (χ1v) is 6.55. The highest BCUT2D eigenvalue weighted by atomic mass is 16.7. The van der Waals surface area contributed by atoms with Crippen molar-refractivity contribution in [3.63, 3.8) is 0 Å².